The molecule has 0 atom stereocenters. The zero-order valence-corrected chi connectivity index (χ0v) is 30.0. The third kappa shape index (κ3) is 5.03. The summed E-state index contributed by atoms with van der Waals surface area (Å²) in [6, 6.07) is 67.4. The maximum absolute atomic E-state index is 5.41. The number of thiophene rings is 1. The van der Waals surface area contributed by atoms with Gasteiger partial charge in [0.15, 0.2) is 0 Å². The maximum Gasteiger partial charge on any atom is 0.235 e. The fourth-order valence-electron chi connectivity index (χ4n) is 7.99. The van der Waals surface area contributed by atoms with Gasteiger partial charge in [0.05, 0.1) is 22.2 Å². The normalized spacial score (nSPS) is 11.7. The Labute approximate surface area is 316 Å². The number of aromatic nitrogens is 3. The number of para-hydroxylation sites is 2. The van der Waals surface area contributed by atoms with Crippen LogP contribution in [0, 0.1) is 0 Å². The molecule has 4 heteroatoms. The largest absolute Gasteiger partial charge is 0.278 e. The number of rotatable bonds is 5. The molecule has 3 nitrogen and oxygen atoms in total. The van der Waals surface area contributed by atoms with E-state index in [9.17, 15) is 0 Å². The number of hydrogen-bond donors (Lipinski definition) is 0. The van der Waals surface area contributed by atoms with Gasteiger partial charge < -0.3 is 0 Å². The van der Waals surface area contributed by atoms with Crippen LogP contribution in [0.1, 0.15) is 0 Å². The molecule has 0 aliphatic rings. The highest BCUT2D eigenvalue weighted by Crippen LogP contribution is 2.40. The summed E-state index contributed by atoms with van der Waals surface area (Å²) in [6.45, 7) is 0. The second kappa shape index (κ2) is 12.4. The minimum absolute atomic E-state index is 0.657. The second-order valence-corrected chi connectivity index (χ2v) is 14.9. The first-order valence-electron chi connectivity index (χ1n) is 18.2. The molecule has 11 rings (SSSR count). The zero-order valence-electron chi connectivity index (χ0n) is 29.1. The SMILES string of the molecule is c1ccc(-c2cccc(-c3nc(-n4c5ccccc5c5ccc(-c6ccc7sc8ccc(-c9ccccc9)cc8c7c6)cc54)nc4ccccc34)c2)cc1. The van der Waals surface area contributed by atoms with Crippen molar-refractivity contribution in [2.24, 2.45) is 0 Å². The van der Waals surface area contributed by atoms with E-state index < -0.39 is 0 Å². The van der Waals surface area contributed by atoms with Crippen LogP contribution in [-0.4, -0.2) is 14.5 Å². The summed E-state index contributed by atoms with van der Waals surface area (Å²) < 4.78 is 4.84. The molecule has 0 saturated carbocycles. The van der Waals surface area contributed by atoms with Crippen molar-refractivity contribution in [1.29, 1.82) is 0 Å². The van der Waals surface area contributed by atoms with Crippen LogP contribution in [0.15, 0.2) is 188 Å². The minimum Gasteiger partial charge on any atom is -0.278 e. The average molecular weight is 706 g/mol. The van der Waals surface area contributed by atoms with Crippen molar-refractivity contribution in [3.8, 4) is 50.6 Å². The van der Waals surface area contributed by atoms with Gasteiger partial charge in [-0.15, -0.1) is 11.3 Å². The number of fused-ring (bicyclic) bond motifs is 7. The molecular formula is C50H31N3S. The molecule has 11 aromatic rings. The molecule has 3 aromatic heterocycles. The fourth-order valence-corrected chi connectivity index (χ4v) is 9.06. The van der Waals surface area contributed by atoms with E-state index in [4.69, 9.17) is 9.97 Å². The van der Waals surface area contributed by atoms with Gasteiger partial charge in [-0.25, -0.2) is 9.97 Å². The number of nitrogens with zero attached hydrogens (tertiary/aromatic N) is 3. The van der Waals surface area contributed by atoms with Crippen LogP contribution in [0.25, 0.3) is 103 Å². The molecular weight excluding hydrogens is 675 g/mol. The maximum atomic E-state index is 5.41. The predicted octanol–water partition coefficient (Wildman–Crippen LogP) is 13.8. The van der Waals surface area contributed by atoms with Crippen molar-refractivity contribution in [3.05, 3.63) is 188 Å². The van der Waals surface area contributed by atoms with E-state index in [2.05, 4.69) is 193 Å². The van der Waals surface area contributed by atoms with Gasteiger partial charge in [-0.05, 0) is 81.9 Å². The summed E-state index contributed by atoms with van der Waals surface area (Å²) >= 11 is 1.85. The second-order valence-electron chi connectivity index (χ2n) is 13.8. The molecule has 0 amide bonds. The first-order valence-corrected chi connectivity index (χ1v) is 19.1. The quantitative estimate of drug-likeness (QED) is 0.178. The van der Waals surface area contributed by atoms with Crippen LogP contribution in [0.2, 0.25) is 0 Å². The van der Waals surface area contributed by atoms with Crippen molar-refractivity contribution in [2.45, 2.75) is 0 Å². The molecule has 0 aliphatic heterocycles. The van der Waals surface area contributed by atoms with Gasteiger partial charge in [0.25, 0.3) is 0 Å². The highest BCUT2D eigenvalue weighted by molar-refractivity contribution is 7.25. The monoisotopic (exact) mass is 705 g/mol. The van der Waals surface area contributed by atoms with E-state index >= 15 is 0 Å². The fraction of sp³-hybridized carbons (Fsp3) is 0. The summed E-state index contributed by atoms with van der Waals surface area (Å²) in [7, 11) is 0. The Balaban J connectivity index is 1.10. The third-order valence-electron chi connectivity index (χ3n) is 10.6. The van der Waals surface area contributed by atoms with Crippen LogP contribution in [0.4, 0.5) is 0 Å². The van der Waals surface area contributed by atoms with Gasteiger partial charge in [-0.3, -0.25) is 4.57 Å². The van der Waals surface area contributed by atoms with Crippen molar-refractivity contribution < 1.29 is 0 Å². The Kier molecular flexibility index (Phi) is 7.04. The van der Waals surface area contributed by atoms with Crippen LogP contribution < -0.4 is 0 Å². The molecule has 0 N–H and O–H groups in total. The topological polar surface area (TPSA) is 30.7 Å². The summed E-state index contributed by atoms with van der Waals surface area (Å²) in [4.78, 5) is 10.6. The minimum atomic E-state index is 0.657. The van der Waals surface area contributed by atoms with Gasteiger partial charge in [-0.2, -0.15) is 0 Å². The lowest BCUT2D eigenvalue weighted by Gasteiger charge is -2.13. The van der Waals surface area contributed by atoms with E-state index in [1.165, 1.54) is 53.2 Å². The summed E-state index contributed by atoms with van der Waals surface area (Å²) in [5.74, 6) is 0.657. The molecule has 0 bridgehead atoms. The molecule has 54 heavy (non-hydrogen) atoms. The lowest BCUT2D eigenvalue weighted by atomic mass is 9.99. The van der Waals surface area contributed by atoms with Gasteiger partial charge in [0.1, 0.15) is 0 Å². The van der Waals surface area contributed by atoms with E-state index in [1.807, 2.05) is 11.3 Å². The van der Waals surface area contributed by atoms with Crippen LogP contribution in [-0.2, 0) is 0 Å². The molecule has 0 radical (unpaired) electrons. The molecule has 0 aliphatic carbocycles. The van der Waals surface area contributed by atoms with Crippen LogP contribution in [0.3, 0.4) is 0 Å². The predicted molar refractivity (Wildman–Crippen MR) is 229 cm³/mol. The van der Waals surface area contributed by atoms with E-state index in [0.29, 0.717) is 5.95 Å². The Bertz CT molecular complexity index is 3210. The Morgan fingerprint density at radius 3 is 1.61 bits per heavy atom. The first kappa shape index (κ1) is 30.7. The van der Waals surface area contributed by atoms with Crippen molar-refractivity contribution >= 4 is 64.2 Å². The molecule has 8 aromatic carbocycles. The van der Waals surface area contributed by atoms with Crippen molar-refractivity contribution in [2.75, 3.05) is 0 Å². The highest BCUT2D eigenvalue weighted by atomic mass is 32.1. The molecule has 0 fully saturated rings. The molecule has 0 spiro atoms. The zero-order chi connectivity index (χ0) is 35.6. The van der Waals surface area contributed by atoms with Gasteiger partial charge in [-0.1, -0.05) is 140 Å². The molecule has 252 valence electrons. The van der Waals surface area contributed by atoms with Crippen LogP contribution >= 0.6 is 11.3 Å². The van der Waals surface area contributed by atoms with Gasteiger partial charge in [0.2, 0.25) is 5.95 Å². The van der Waals surface area contributed by atoms with Crippen LogP contribution in [0.5, 0.6) is 0 Å². The molecule has 3 heterocycles. The number of hydrogen-bond acceptors (Lipinski definition) is 3. The van der Waals surface area contributed by atoms with Gasteiger partial charge >= 0.3 is 0 Å². The third-order valence-corrected chi connectivity index (χ3v) is 11.8. The van der Waals surface area contributed by atoms with E-state index in [0.717, 1.165) is 44.3 Å². The molecule has 0 saturated heterocycles. The van der Waals surface area contributed by atoms with Crippen molar-refractivity contribution in [3.63, 3.8) is 0 Å². The highest BCUT2D eigenvalue weighted by Gasteiger charge is 2.19. The average Bonchev–Trinajstić information content (AvgIpc) is 3.78. The number of benzene rings is 8. The summed E-state index contributed by atoms with van der Waals surface area (Å²) in [5.41, 5.74) is 12.2. The van der Waals surface area contributed by atoms with Gasteiger partial charge in [0, 0.05) is 41.9 Å². The van der Waals surface area contributed by atoms with E-state index in [-0.39, 0.29) is 0 Å². The Hall–Kier alpha value is -6.88. The summed E-state index contributed by atoms with van der Waals surface area (Å²) in [5, 5.41) is 5.96. The smallest absolute Gasteiger partial charge is 0.235 e. The van der Waals surface area contributed by atoms with Crippen molar-refractivity contribution in [1.82, 2.24) is 14.5 Å². The Morgan fingerprint density at radius 2 is 0.870 bits per heavy atom. The molecule has 0 unspecified atom stereocenters. The first-order chi connectivity index (χ1) is 26.7. The summed E-state index contributed by atoms with van der Waals surface area (Å²) in [6.07, 6.45) is 0. The van der Waals surface area contributed by atoms with E-state index in [1.54, 1.807) is 0 Å². The Morgan fingerprint density at radius 1 is 0.333 bits per heavy atom. The lowest BCUT2D eigenvalue weighted by molar-refractivity contribution is 1.01. The standard InChI is InChI=1S/C50H31N3S/c1-3-12-32(13-4-1)34-16-11-17-38(28-34)49-41-19-7-9-20-44(41)51-50(52-49)53-45-21-10-8-18-39(45)40-25-22-37(31-46(40)53)36-24-27-48-43(30-36)42-29-35(23-26-47(42)54-48)33-14-5-2-6-15-33/h1-31H. The lowest BCUT2D eigenvalue weighted by Crippen LogP contribution is -2.03.